The number of hydrogen-bond acceptors (Lipinski definition) is 4. The number of aromatic nitrogens is 2. The highest BCUT2D eigenvalue weighted by atomic mass is 16.2. The van der Waals surface area contributed by atoms with E-state index in [1.165, 1.54) is 0 Å². The molecule has 6 nitrogen and oxygen atoms in total. The highest BCUT2D eigenvalue weighted by Gasteiger charge is 2.30. The number of nitrogens with one attached hydrogen (secondary N) is 1. The van der Waals surface area contributed by atoms with Crippen LogP contribution < -0.4 is 5.32 Å². The van der Waals surface area contributed by atoms with Gasteiger partial charge in [-0.05, 0) is 18.4 Å². The molecule has 1 saturated heterocycles. The summed E-state index contributed by atoms with van der Waals surface area (Å²) in [6.07, 6.45) is 4.28. The first-order valence-electron chi connectivity index (χ1n) is 6.90. The molecule has 2 rings (SSSR count). The SMILES string of the molecule is CC(C)CC1NC(=O)CCN(Cc2ncccn2)C1=O. The maximum atomic E-state index is 12.5. The van der Waals surface area contributed by atoms with Crippen LogP contribution in [0.4, 0.5) is 0 Å². The predicted octanol–water partition coefficient (Wildman–Crippen LogP) is 0.740. The van der Waals surface area contributed by atoms with Gasteiger partial charge in [-0.25, -0.2) is 9.97 Å². The number of hydrogen-bond donors (Lipinski definition) is 1. The average Bonchev–Trinajstić information content (AvgIpc) is 2.53. The Bertz CT molecular complexity index is 475. The minimum Gasteiger partial charge on any atom is -0.344 e. The standard InChI is InChI=1S/C14H20N4O2/c1-10(2)8-11-14(20)18(7-4-13(19)17-11)9-12-15-5-3-6-16-12/h3,5-6,10-11H,4,7-9H2,1-2H3,(H,17,19). The molecule has 1 atom stereocenters. The van der Waals surface area contributed by atoms with Crippen molar-refractivity contribution in [2.24, 2.45) is 5.92 Å². The van der Waals surface area contributed by atoms with E-state index in [1.807, 2.05) is 13.8 Å². The van der Waals surface area contributed by atoms with Gasteiger partial charge < -0.3 is 10.2 Å². The van der Waals surface area contributed by atoms with E-state index >= 15 is 0 Å². The summed E-state index contributed by atoms with van der Waals surface area (Å²) in [5, 5.41) is 2.80. The molecule has 1 aliphatic heterocycles. The molecule has 1 aliphatic rings. The Labute approximate surface area is 118 Å². The highest BCUT2D eigenvalue weighted by molar-refractivity contribution is 5.89. The van der Waals surface area contributed by atoms with Gasteiger partial charge in [0.1, 0.15) is 11.9 Å². The Balaban J connectivity index is 2.11. The summed E-state index contributed by atoms with van der Waals surface area (Å²) >= 11 is 0. The van der Waals surface area contributed by atoms with Crippen molar-refractivity contribution in [1.82, 2.24) is 20.2 Å². The summed E-state index contributed by atoms with van der Waals surface area (Å²) in [4.78, 5) is 34.1. The third-order valence-corrected chi connectivity index (χ3v) is 3.21. The maximum absolute atomic E-state index is 12.5. The molecule has 1 aromatic rings. The summed E-state index contributed by atoms with van der Waals surface area (Å²) in [6.45, 7) is 4.84. The number of carbonyl (C=O) groups is 2. The second kappa shape index (κ2) is 6.45. The van der Waals surface area contributed by atoms with Crippen molar-refractivity contribution < 1.29 is 9.59 Å². The zero-order valence-electron chi connectivity index (χ0n) is 11.9. The second-order valence-electron chi connectivity index (χ2n) is 5.42. The molecule has 0 spiro atoms. The highest BCUT2D eigenvalue weighted by Crippen LogP contribution is 2.13. The average molecular weight is 276 g/mol. The maximum Gasteiger partial charge on any atom is 0.245 e. The van der Waals surface area contributed by atoms with Gasteiger partial charge in [-0.1, -0.05) is 13.8 Å². The monoisotopic (exact) mass is 276 g/mol. The van der Waals surface area contributed by atoms with Gasteiger partial charge in [-0.15, -0.1) is 0 Å². The van der Waals surface area contributed by atoms with E-state index in [2.05, 4.69) is 15.3 Å². The van der Waals surface area contributed by atoms with Crippen molar-refractivity contribution in [3.8, 4) is 0 Å². The molecule has 0 aliphatic carbocycles. The largest absolute Gasteiger partial charge is 0.344 e. The van der Waals surface area contributed by atoms with E-state index in [4.69, 9.17) is 0 Å². The lowest BCUT2D eigenvalue weighted by molar-refractivity contribution is -0.134. The first-order chi connectivity index (χ1) is 9.56. The van der Waals surface area contributed by atoms with Gasteiger partial charge in [0.15, 0.2) is 0 Å². The van der Waals surface area contributed by atoms with Crippen LogP contribution in [-0.2, 0) is 16.1 Å². The van der Waals surface area contributed by atoms with Crippen molar-refractivity contribution in [3.63, 3.8) is 0 Å². The van der Waals surface area contributed by atoms with Crippen LogP contribution >= 0.6 is 0 Å². The van der Waals surface area contributed by atoms with Crippen molar-refractivity contribution in [3.05, 3.63) is 24.3 Å². The molecule has 1 N–H and O–H groups in total. The summed E-state index contributed by atoms with van der Waals surface area (Å²) in [5.74, 6) is 0.827. The minimum absolute atomic E-state index is 0.0444. The van der Waals surface area contributed by atoms with Crippen LogP contribution in [0.3, 0.4) is 0 Å². The normalized spacial score (nSPS) is 19.9. The van der Waals surface area contributed by atoms with E-state index in [0.29, 0.717) is 37.7 Å². The lowest BCUT2D eigenvalue weighted by Crippen LogP contribution is -2.45. The van der Waals surface area contributed by atoms with Gasteiger partial charge in [0.05, 0.1) is 6.54 Å². The van der Waals surface area contributed by atoms with Crippen molar-refractivity contribution in [1.29, 1.82) is 0 Å². The second-order valence-corrected chi connectivity index (χ2v) is 5.42. The van der Waals surface area contributed by atoms with Crippen molar-refractivity contribution in [2.75, 3.05) is 6.54 Å². The lowest BCUT2D eigenvalue weighted by Gasteiger charge is -2.24. The van der Waals surface area contributed by atoms with Gasteiger partial charge in [0, 0.05) is 25.4 Å². The first-order valence-corrected chi connectivity index (χ1v) is 6.90. The third kappa shape index (κ3) is 3.76. The Kier molecular flexibility index (Phi) is 4.65. The van der Waals surface area contributed by atoms with Gasteiger partial charge in [0.2, 0.25) is 11.8 Å². The van der Waals surface area contributed by atoms with Gasteiger partial charge in [-0.3, -0.25) is 9.59 Å². The number of carbonyl (C=O) groups excluding carboxylic acids is 2. The molecule has 0 bridgehead atoms. The Hall–Kier alpha value is -1.98. The smallest absolute Gasteiger partial charge is 0.245 e. The molecular formula is C14H20N4O2. The fourth-order valence-corrected chi connectivity index (χ4v) is 2.27. The van der Waals surface area contributed by atoms with E-state index in [-0.39, 0.29) is 11.8 Å². The van der Waals surface area contributed by atoms with Crippen LogP contribution in [0.25, 0.3) is 0 Å². The minimum atomic E-state index is -0.436. The van der Waals surface area contributed by atoms with Crippen LogP contribution in [0.5, 0.6) is 0 Å². The molecule has 6 heteroatoms. The first kappa shape index (κ1) is 14.4. The molecule has 2 amide bonds. The van der Waals surface area contributed by atoms with Gasteiger partial charge in [0.25, 0.3) is 0 Å². The van der Waals surface area contributed by atoms with Crippen LogP contribution in [0, 0.1) is 5.92 Å². The van der Waals surface area contributed by atoms with E-state index in [1.54, 1.807) is 23.4 Å². The summed E-state index contributed by atoms with van der Waals surface area (Å²) in [7, 11) is 0. The summed E-state index contributed by atoms with van der Waals surface area (Å²) in [6, 6.07) is 1.30. The van der Waals surface area contributed by atoms with Gasteiger partial charge in [-0.2, -0.15) is 0 Å². The topological polar surface area (TPSA) is 75.2 Å². The lowest BCUT2D eigenvalue weighted by atomic mass is 10.0. The molecular weight excluding hydrogens is 256 g/mol. The van der Waals surface area contributed by atoms with E-state index in [0.717, 1.165) is 0 Å². The molecule has 108 valence electrons. The molecule has 2 heterocycles. The fraction of sp³-hybridized carbons (Fsp3) is 0.571. The number of nitrogens with zero attached hydrogens (tertiary/aromatic N) is 3. The Morgan fingerprint density at radius 3 is 2.70 bits per heavy atom. The van der Waals surface area contributed by atoms with E-state index < -0.39 is 6.04 Å². The van der Waals surface area contributed by atoms with Crippen molar-refractivity contribution in [2.45, 2.75) is 39.3 Å². The molecule has 0 radical (unpaired) electrons. The predicted molar refractivity (Wildman–Crippen MR) is 73.5 cm³/mol. The van der Waals surface area contributed by atoms with E-state index in [9.17, 15) is 9.59 Å². The number of rotatable bonds is 4. The van der Waals surface area contributed by atoms with Crippen LogP contribution in [0.1, 0.15) is 32.5 Å². The fourth-order valence-electron chi connectivity index (χ4n) is 2.27. The quantitative estimate of drug-likeness (QED) is 0.880. The molecule has 1 aromatic heterocycles. The van der Waals surface area contributed by atoms with Crippen LogP contribution in [0.15, 0.2) is 18.5 Å². The molecule has 0 aromatic carbocycles. The summed E-state index contributed by atoms with van der Waals surface area (Å²) in [5.41, 5.74) is 0. The summed E-state index contributed by atoms with van der Waals surface area (Å²) < 4.78 is 0. The van der Waals surface area contributed by atoms with Crippen molar-refractivity contribution >= 4 is 11.8 Å². The van der Waals surface area contributed by atoms with Crippen LogP contribution in [-0.4, -0.2) is 39.3 Å². The van der Waals surface area contributed by atoms with Crippen LogP contribution in [0.2, 0.25) is 0 Å². The number of amides is 2. The molecule has 20 heavy (non-hydrogen) atoms. The molecule has 1 fully saturated rings. The zero-order valence-corrected chi connectivity index (χ0v) is 11.9. The zero-order chi connectivity index (χ0) is 14.5. The molecule has 0 saturated carbocycles. The van der Waals surface area contributed by atoms with Gasteiger partial charge >= 0.3 is 0 Å². The Morgan fingerprint density at radius 2 is 2.05 bits per heavy atom. The third-order valence-electron chi connectivity index (χ3n) is 3.21. The molecule has 1 unspecified atom stereocenters. The Morgan fingerprint density at radius 1 is 1.35 bits per heavy atom.